The highest BCUT2D eigenvalue weighted by Gasteiger charge is 2.19. The normalized spacial score (nSPS) is 15.8. The Labute approximate surface area is 173 Å². The molecule has 0 fully saturated rings. The van der Waals surface area contributed by atoms with E-state index in [2.05, 4.69) is 73.2 Å². The monoisotopic (exact) mass is 378 g/mol. The lowest BCUT2D eigenvalue weighted by molar-refractivity contribution is 0.813. The number of aliphatic imine (C=N–C) groups is 1. The predicted octanol–water partition coefficient (Wildman–Crippen LogP) is 7.33. The van der Waals surface area contributed by atoms with E-state index in [0.717, 1.165) is 30.6 Å². The van der Waals surface area contributed by atoms with Crippen molar-refractivity contribution >= 4 is 23.2 Å². The highest BCUT2D eigenvalue weighted by atomic mass is 14.8. The first kappa shape index (κ1) is 18.9. The maximum Gasteiger partial charge on any atom is 0.0629 e. The Morgan fingerprint density at radius 3 is 2.24 bits per heavy atom. The minimum atomic E-state index is 0.989. The fourth-order valence-electron chi connectivity index (χ4n) is 3.77. The van der Waals surface area contributed by atoms with Crippen LogP contribution in [0.3, 0.4) is 0 Å². The molecule has 0 saturated heterocycles. The maximum atomic E-state index is 4.76. The molecule has 29 heavy (non-hydrogen) atoms. The topological polar surface area (TPSA) is 24.4 Å². The molecule has 0 heterocycles. The Morgan fingerprint density at radius 2 is 1.48 bits per heavy atom. The van der Waals surface area contributed by atoms with Gasteiger partial charge in [0, 0.05) is 18.1 Å². The summed E-state index contributed by atoms with van der Waals surface area (Å²) in [6.45, 7) is 2.19. The van der Waals surface area contributed by atoms with Crippen molar-refractivity contribution < 1.29 is 0 Å². The number of nitrogens with zero attached hydrogens (tertiary/aromatic N) is 1. The molecule has 0 spiro atoms. The van der Waals surface area contributed by atoms with Gasteiger partial charge >= 0.3 is 0 Å². The number of anilines is 1. The van der Waals surface area contributed by atoms with Crippen molar-refractivity contribution in [3.8, 4) is 0 Å². The third-order valence-corrected chi connectivity index (χ3v) is 5.26. The molecule has 0 amide bonds. The fourth-order valence-corrected chi connectivity index (χ4v) is 3.77. The molecule has 3 aromatic carbocycles. The zero-order chi connectivity index (χ0) is 19.9. The summed E-state index contributed by atoms with van der Waals surface area (Å²) in [5.41, 5.74) is 8.64. The van der Waals surface area contributed by atoms with Gasteiger partial charge in [0.05, 0.1) is 5.69 Å². The quantitative estimate of drug-likeness (QED) is 0.462. The lowest BCUT2D eigenvalue weighted by atomic mass is 9.82. The van der Waals surface area contributed by atoms with Crippen LogP contribution in [0.4, 0.5) is 11.4 Å². The molecule has 0 saturated carbocycles. The lowest BCUT2D eigenvalue weighted by Gasteiger charge is -2.23. The SMILES string of the molecule is Cc1ccccc1C1=C(C=Nc2ccccc2)CCCC1=CNc1ccccc1. The average molecular weight is 379 g/mol. The van der Waals surface area contributed by atoms with E-state index in [0.29, 0.717) is 0 Å². The number of aryl methyl sites for hydroxylation is 1. The van der Waals surface area contributed by atoms with Crippen LogP contribution in [0, 0.1) is 6.92 Å². The van der Waals surface area contributed by atoms with Crippen LogP contribution in [0.1, 0.15) is 30.4 Å². The van der Waals surface area contributed by atoms with Gasteiger partial charge in [-0.2, -0.15) is 0 Å². The van der Waals surface area contributed by atoms with Crippen molar-refractivity contribution in [1.82, 2.24) is 0 Å². The second-order valence-electron chi connectivity index (χ2n) is 7.34. The number of allylic oxidation sites excluding steroid dienone is 3. The summed E-state index contributed by atoms with van der Waals surface area (Å²) >= 11 is 0. The van der Waals surface area contributed by atoms with Gasteiger partial charge in [0.25, 0.3) is 0 Å². The van der Waals surface area contributed by atoms with Crippen molar-refractivity contribution in [3.05, 3.63) is 113 Å². The van der Waals surface area contributed by atoms with E-state index in [1.165, 1.54) is 27.8 Å². The molecule has 0 aromatic heterocycles. The minimum absolute atomic E-state index is 0.989. The van der Waals surface area contributed by atoms with Crippen molar-refractivity contribution in [2.24, 2.45) is 4.99 Å². The van der Waals surface area contributed by atoms with Gasteiger partial charge in [0.1, 0.15) is 0 Å². The molecule has 0 bridgehead atoms. The highest BCUT2D eigenvalue weighted by molar-refractivity contribution is 5.98. The van der Waals surface area contributed by atoms with Gasteiger partial charge in [0.15, 0.2) is 0 Å². The van der Waals surface area contributed by atoms with E-state index < -0.39 is 0 Å². The van der Waals surface area contributed by atoms with Crippen LogP contribution in [-0.4, -0.2) is 6.21 Å². The molecule has 2 heteroatoms. The third kappa shape index (κ3) is 4.72. The summed E-state index contributed by atoms with van der Waals surface area (Å²) in [5.74, 6) is 0. The van der Waals surface area contributed by atoms with Gasteiger partial charge in [-0.3, -0.25) is 4.99 Å². The molecule has 4 rings (SSSR count). The largest absolute Gasteiger partial charge is 0.361 e. The van der Waals surface area contributed by atoms with Crippen LogP contribution < -0.4 is 5.32 Å². The molecule has 0 unspecified atom stereocenters. The Balaban J connectivity index is 1.76. The molecule has 0 atom stereocenters. The summed E-state index contributed by atoms with van der Waals surface area (Å²) in [6, 6.07) is 29.1. The molecule has 0 aliphatic heterocycles. The Kier molecular flexibility index (Phi) is 6.01. The number of nitrogens with one attached hydrogen (secondary N) is 1. The fraction of sp³-hybridized carbons (Fsp3) is 0.148. The van der Waals surface area contributed by atoms with Crippen LogP contribution in [0.15, 0.2) is 107 Å². The number of hydrogen-bond donors (Lipinski definition) is 1. The summed E-state index contributed by atoms with van der Waals surface area (Å²) in [7, 11) is 0. The molecule has 144 valence electrons. The summed E-state index contributed by atoms with van der Waals surface area (Å²) in [4.78, 5) is 4.76. The van der Waals surface area contributed by atoms with Gasteiger partial charge < -0.3 is 5.32 Å². The number of para-hydroxylation sites is 2. The van der Waals surface area contributed by atoms with Crippen molar-refractivity contribution in [3.63, 3.8) is 0 Å². The van der Waals surface area contributed by atoms with Crippen LogP contribution in [0.25, 0.3) is 5.57 Å². The number of benzene rings is 3. The molecule has 1 aliphatic carbocycles. The van der Waals surface area contributed by atoms with Crippen LogP contribution in [0.5, 0.6) is 0 Å². The first-order valence-electron chi connectivity index (χ1n) is 10.2. The zero-order valence-electron chi connectivity index (χ0n) is 16.8. The van der Waals surface area contributed by atoms with Crippen molar-refractivity contribution in [2.75, 3.05) is 5.32 Å². The minimum Gasteiger partial charge on any atom is -0.361 e. The van der Waals surface area contributed by atoms with E-state index in [-0.39, 0.29) is 0 Å². The number of hydrogen-bond acceptors (Lipinski definition) is 2. The molecule has 3 aromatic rings. The van der Waals surface area contributed by atoms with E-state index >= 15 is 0 Å². The molecule has 0 radical (unpaired) electrons. The van der Waals surface area contributed by atoms with Crippen LogP contribution >= 0.6 is 0 Å². The second-order valence-corrected chi connectivity index (χ2v) is 7.34. The van der Waals surface area contributed by atoms with E-state index in [4.69, 9.17) is 4.99 Å². The Bertz CT molecular complexity index is 1040. The molecule has 1 N–H and O–H groups in total. The first-order valence-corrected chi connectivity index (χ1v) is 10.2. The van der Waals surface area contributed by atoms with Crippen molar-refractivity contribution in [1.29, 1.82) is 0 Å². The van der Waals surface area contributed by atoms with Gasteiger partial charge in [-0.25, -0.2) is 0 Å². The van der Waals surface area contributed by atoms with Gasteiger partial charge in [-0.05, 0) is 78.3 Å². The average Bonchev–Trinajstić information content (AvgIpc) is 2.78. The van der Waals surface area contributed by atoms with E-state index in [1.54, 1.807) is 0 Å². The van der Waals surface area contributed by atoms with Gasteiger partial charge in [-0.1, -0.05) is 60.7 Å². The molecular weight excluding hydrogens is 352 g/mol. The standard InChI is InChI=1S/C27H26N2/c1-21-11-8-9-18-26(21)27-22(19-28-24-14-4-2-5-15-24)12-10-13-23(27)20-29-25-16-6-3-7-17-25/h2-9,11,14-20,28H,10,12-13H2,1H3. The third-order valence-electron chi connectivity index (χ3n) is 5.26. The molecular formula is C27H26N2. The van der Waals surface area contributed by atoms with E-state index in [1.807, 2.05) is 36.4 Å². The first-order chi connectivity index (χ1) is 14.3. The summed E-state index contributed by atoms with van der Waals surface area (Å²) in [6.07, 6.45) is 7.47. The number of rotatable bonds is 5. The predicted molar refractivity (Wildman–Crippen MR) is 125 cm³/mol. The lowest BCUT2D eigenvalue weighted by Crippen LogP contribution is -2.07. The summed E-state index contributed by atoms with van der Waals surface area (Å²) in [5, 5.41) is 3.49. The smallest absolute Gasteiger partial charge is 0.0629 e. The maximum absolute atomic E-state index is 4.76. The van der Waals surface area contributed by atoms with Gasteiger partial charge in [-0.15, -0.1) is 0 Å². The van der Waals surface area contributed by atoms with Crippen molar-refractivity contribution in [2.45, 2.75) is 26.2 Å². The highest BCUT2D eigenvalue weighted by Crippen LogP contribution is 2.37. The molecule has 2 nitrogen and oxygen atoms in total. The second kappa shape index (κ2) is 9.20. The Morgan fingerprint density at radius 1 is 0.793 bits per heavy atom. The zero-order valence-corrected chi connectivity index (χ0v) is 16.8. The Hall–Kier alpha value is -3.39. The summed E-state index contributed by atoms with van der Waals surface area (Å²) < 4.78 is 0. The molecule has 1 aliphatic rings. The van der Waals surface area contributed by atoms with Crippen LogP contribution in [-0.2, 0) is 0 Å². The van der Waals surface area contributed by atoms with E-state index in [9.17, 15) is 0 Å². The van der Waals surface area contributed by atoms with Crippen LogP contribution in [0.2, 0.25) is 0 Å². The van der Waals surface area contributed by atoms with Gasteiger partial charge in [0.2, 0.25) is 0 Å².